The van der Waals surface area contributed by atoms with E-state index in [-0.39, 0.29) is 18.1 Å². The normalized spacial score (nSPS) is 9.14. The number of rotatable bonds is 2. The molecule has 0 atom stereocenters. The Hall–Kier alpha value is -1.29. The van der Waals surface area contributed by atoms with Crippen LogP contribution in [0.2, 0.25) is 0 Å². The summed E-state index contributed by atoms with van der Waals surface area (Å²) < 4.78 is 0.730. The fourth-order valence-electron chi connectivity index (χ4n) is 0.872. The molecule has 0 bridgehead atoms. The van der Waals surface area contributed by atoms with Gasteiger partial charge in [0.15, 0.2) is 0 Å². The number of benzene rings is 1. The van der Waals surface area contributed by atoms with E-state index in [9.17, 15) is 4.79 Å². The van der Waals surface area contributed by atoms with Crippen LogP contribution in [0.25, 0.3) is 0 Å². The molecule has 0 aliphatic rings. The van der Waals surface area contributed by atoms with Crippen molar-refractivity contribution in [1.29, 1.82) is 5.26 Å². The molecular weight excluding hydrogens is 295 g/mol. The van der Waals surface area contributed by atoms with Gasteiger partial charge in [0.2, 0.25) is 5.91 Å². The molecular formula is C9H7IN2O2. The van der Waals surface area contributed by atoms with Gasteiger partial charge < -0.3 is 10.4 Å². The van der Waals surface area contributed by atoms with Crippen molar-refractivity contribution in [3.63, 3.8) is 0 Å². The third kappa shape index (κ3) is 2.88. The molecule has 14 heavy (non-hydrogen) atoms. The molecule has 0 aliphatic heterocycles. The summed E-state index contributed by atoms with van der Waals surface area (Å²) in [6.45, 7) is 0. The zero-order chi connectivity index (χ0) is 10.6. The molecule has 1 rings (SSSR count). The van der Waals surface area contributed by atoms with E-state index in [0.29, 0.717) is 5.69 Å². The van der Waals surface area contributed by atoms with Gasteiger partial charge in [-0.25, -0.2) is 0 Å². The number of hydrogen-bond acceptors (Lipinski definition) is 3. The summed E-state index contributed by atoms with van der Waals surface area (Å²) in [7, 11) is 0. The summed E-state index contributed by atoms with van der Waals surface area (Å²) in [4.78, 5) is 11.1. The van der Waals surface area contributed by atoms with Crippen molar-refractivity contribution in [2.75, 3.05) is 5.32 Å². The van der Waals surface area contributed by atoms with Gasteiger partial charge in [0.05, 0.1) is 11.8 Å². The Morgan fingerprint density at radius 1 is 1.64 bits per heavy atom. The summed E-state index contributed by atoms with van der Waals surface area (Å²) >= 11 is 1.99. The van der Waals surface area contributed by atoms with Gasteiger partial charge in [0, 0.05) is 3.57 Å². The molecule has 0 spiro atoms. The van der Waals surface area contributed by atoms with Gasteiger partial charge in [-0.1, -0.05) is 0 Å². The lowest BCUT2D eigenvalue weighted by Crippen LogP contribution is -2.10. The molecule has 0 saturated heterocycles. The van der Waals surface area contributed by atoms with Crippen LogP contribution >= 0.6 is 22.6 Å². The summed E-state index contributed by atoms with van der Waals surface area (Å²) in [5, 5.41) is 19.9. The first kappa shape index (κ1) is 10.8. The molecule has 5 heteroatoms. The lowest BCUT2D eigenvalue weighted by atomic mass is 10.3. The van der Waals surface area contributed by atoms with Crippen LogP contribution < -0.4 is 5.32 Å². The number of aromatic hydroxyl groups is 1. The van der Waals surface area contributed by atoms with Crippen molar-refractivity contribution in [2.45, 2.75) is 6.42 Å². The minimum Gasteiger partial charge on any atom is -0.508 e. The maximum Gasteiger partial charge on any atom is 0.238 e. The second kappa shape index (κ2) is 4.81. The molecule has 0 unspecified atom stereocenters. The SMILES string of the molecule is N#CCC(=O)Nc1ccc(O)cc1I. The van der Waals surface area contributed by atoms with Crippen LogP contribution in [0.15, 0.2) is 18.2 Å². The topological polar surface area (TPSA) is 73.1 Å². The maximum absolute atomic E-state index is 11.1. The van der Waals surface area contributed by atoms with E-state index >= 15 is 0 Å². The zero-order valence-electron chi connectivity index (χ0n) is 7.12. The molecule has 1 aromatic carbocycles. The number of nitriles is 1. The smallest absolute Gasteiger partial charge is 0.238 e. The van der Waals surface area contributed by atoms with Crippen LogP contribution in [0.5, 0.6) is 5.75 Å². The second-order valence-electron chi connectivity index (χ2n) is 2.55. The highest BCUT2D eigenvalue weighted by atomic mass is 127. The van der Waals surface area contributed by atoms with E-state index in [2.05, 4.69) is 5.32 Å². The third-order valence-electron chi connectivity index (χ3n) is 1.47. The lowest BCUT2D eigenvalue weighted by molar-refractivity contribution is -0.115. The van der Waals surface area contributed by atoms with Crippen LogP contribution in [0.1, 0.15) is 6.42 Å². The highest BCUT2D eigenvalue weighted by Crippen LogP contribution is 2.22. The minimum atomic E-state index is -0.351. The number of carbonyl (C=O) groups is 1. The molecule has 0 aliphatic carbocycles. The number of carbonyl (C=O) groups excluding carboxylic acids is 1. The summed E-state index contributed by atoms with van der Waals surface area (Å²) in [5.41, 5.74) is 0.601. The van der Waals surface area contributed by atoms with Gasteiger partial charge in [-0.15, -0.1) is 0 Å². The number of halogens is 1. The van der Waals surface area contributed by atoms with Crippen molar-refractivity contribution in [2.24, 2.45) is 0 Å². The fraction of sp³-hybridized carbons (Fsp3) is 0.111. The van der Waals surface area contributed by atoms with Gasteiger partial charge in [0.1, 0.15) is 12.2 Å². The van der Waals surface area contributed by atoms with Gasteiger partial charge in [-0.3, -0.25) is 4.79 Å². The molecule has 4 nitrogen and oxygen atoms in total. The standard InChI is InChI=1S/C9H7IN2O2/c10-7-5-6(13)1-2-8(7)12-9(14)3-4-11/h1-2,5,13H,3H2,(H,12,14). The van der Waals surface area contributed by atoms with Crippen molar-refractivity contribution in [1.82, 2.24) is 0 Å². The van der Waals surface area contributed by atoms with Crippen LogP contribution in [-0.2, 0) is 4.79 Å². The Labute approximate surface area is 94.7 Å². The molecule has 72 valence electrons. The molecule has 0 radical (unpaired) electrons. The quantitative estimate of drug-likeness (QED) is 0.647. The largest absolute Gasteiger partial charge is 0.508 e. The van der Waals surface area contributed by atoms with E-state index in [1.807, 2.05) is 22.6 Å². The second-order valence-corrected chi connectivity index (χ2v) is 3.71. The minimum absolute atomic E-state index is 0.146. The Kier molecular flexibility index (Phi) is 3.71. The van der Waals surface area contributed by atoms with Crippen LogP contribution in [0.4, 0.5) is 5.69 Å². The van der Waals surface area contributed by atoms with Gasteiger partial charge >= 0.3 is 0 Å². The van der Waals surface area contributed by atoms with E-state index < -0.39 is 0 Å². The molecule has 2 N–H and O–H groups in total. The van der Waals surface area contributed by atoms with Crippen molar-refractivity contribution in [3.8, 4) is 11.8 Å². The first-order valence-electron chi connectivity index (χ1n) is 3.79. The predicted molar refractivity (Wildman–Crippen MR) is 59.7 cm³/mol. The highest BCUT2D eigenvalue weighted by molar-refractivity contribution is 14.1. The average molecular weight is 302 g/mol. The summed E-state index contributed by atoms with van der Waals surface area (Å²) in [5.74, 6) is -0.205. The number of hydrogen-bond donors (Lipinski definition) is 2. The number of nitrogens with one attached hydrogen (secondary N) is 1. The number of phenols is 1. The molecule has 1 aromatic rings. The molecule has 0 heterocycles. The van der Waals surface area contributed by atoms with E-state index in [4.69, 9.17) is 10.4 Å². The fourth-order valence-corrected chi connectivity index (χ4v) is 1.51. The average Bonchev–Trinajstić information content (AvgIpc) is 2.10. The Balaban J connectivity index is 2.78. The number of anilines is 1. The monoisotopic (exact) mass is 302 g/mol. The Morgan fingerprint density at radius 3 is 2.93 bits per heavy atom. The number of amides is 1. The first-order chi connectivity index (χ1) is 6.63. The van der Waals surface area contributed by atoms with Crippen LogP contribution in [0, 0.1) is 14.9 Å². The summed E-state index contributed by atoms with van der Waals surface area (Å²) in [6, 6.07) is 6.35. The molecule has 0 saturated carbocycles. The van der Waals surface area contributed by atoms with Crippen LogP contribution in [-0.4, -0.2) is 11.0 Å². The van der Waals surface area contributed by atoms with Crippen molar-refractivity contribution < 1.29 is 9.90 Å². The highest BCUT2D eigenvalue weighted by Gasteiger charge is 2.04. The van der Waals surface area contributed by atoms with Crippen molar-refractivity contribution >= 4 is 34.2 Å². The van der Waals surface area contributed by atoms with Gasteiger partial charge in [-0.05, 0) is 40.8 Å². The Morgan fingerprint density at radius 2 is 2.36 bits per heavy atom. The van der Waals surface area contributed by atoms with Gasteiger partial charge in [-0.2, -0.15) is 5.26 Å². The first-order valence-corrected chi connectivity index (χ1v) is 4.86. The van der Waals surface area contributed by atoms with E-state index in [0.717, 1.165) is 3.57 Å². The Bertz CT molecular complexity index is 398. The zero-order valence-corrected chi connectivity index (χ0v) is 9.28. The lowest BCUT2D eigenvalue weighted by Gasteiger charge is -2.05. The molecule has 1 amide bonds. The summed E-state index contributed by atoms with van der Waals surface area (Å²) in [6.07, 6.45) is -0.170. The van der Waals surface area contributed by atoms with Crippen molar-refractivity contribution in [3.05, 3.63) is 21.8 Å². The predicted octanol–water partition coefficient (Wildman–Crippen LogP) is 1.85. The third-order valence-corrected chi connectivity index (χ3v) is 2.36. The number of phenolic OH excluding ortho intramolecular Hbond substituents is 1. The molecule has 0 aromatic heterocycles. The number of nitrogens with zero attached hydrogens (tertiary/aromatic N) is 1. The maximum atomic E-state index is 11.1. The van der Waals surface area contributed by atoms with E-state index in [1.165, 1.54) is 12.1 Å². The van der Waals surface area contributed by atoms with E-state index in [1.54, 1.807) is 12.1 Å². The van der Waals surface area contributed by atoms with Gasteiger partial charge in [0.25, 0.3) is 0 Å². The van der Waals surface area contributed by atoms with Crippen LogP contribution in [0.3, 0.4) is 0 Å². The molecule has 0 fully saturated rings.